The molecule has 5 nitrogen and oxygen atoms in total. The maximum atomic E-state index is 9.47. The van der Waals surface area contributed by atoms with Crippen LogP contribution in [0.25, 0.3) is 5.69 Å². The predicted octanol–water partition coefficient (Wildman–Crippen LogP) is 3.44. The summed E-state index contributed by atoms with van der Waals surface area (Å²) in [6.45, 7) is 3.80. The number of hydrogen-bond donors (Lipinski definition) is 0. The first-order valence-electron chi connectivity index (χ1n) is 8.49. The summed E-state index contributed by atoms with van der Waals surface area (Å²) in [6.07, 6.45) is 1.06. The molecule has 1 saturated heterocycles. The van der Waals surface area contributed by atoms with Crippen LogP contribution in [0.2, 0.25) is 0 Å². The van der Waals surface area contributed by atoms with Crippen molar-refractivity contribution in [2.24, 2.45) is 0 Å². The molecule has 0 amide bonds. The van der Waals surface area contributed by atoms with Crippen LogP contribution >= 0.6 is 0 Å². The minimum Gasteiger partial charge on any atom is -0.352 e. The molecule has 0 saturated carbocycles. The topological polar surface area (TPSA) is 57.7 Å². The van der Waals surface area contributed by atoms with Gasteiger partial charge in [0.15, 0.2) is 5.82 Å². The molecule has 1 aliphatic rings. The van der Waals surface area contributed by atoms with Crippen molar-refractivity contribution in [2.75, 3.05) is 18.0 Å². The zero-order valence-electron chi connectivity index (χ0n) is 14.1. The summed E-state index contributed by atoms with van der Waals surface area (Å²) in [5.74, 6) is 1.15. The lowest BCUT2D eigenvalue weighted by molar-refractivity contribution is 0.741. The number of aryl methyl sites for hydroxylation is 1. The van der Waals surface area contributed by atoms with Gasteiger partial charge in [-0.25, -0.2) is 0 Å². The molecule has 0 bridgehead atoms. The van der Waals surface area contributed by atoms with Gasteiger partial charge in [0.2, 0.25) is 5.69 Å². The van der Waals surface area contributed by atoms with E-state index in [9.17, 15) is 5.26 Å². The fourth-order valence-electron chi connectivity index (χ4n) is 3.33. The third-order valence-electron chi connectivity index (χ3n) is 4.73. The Morgan fingerprint density at radius 3 is 2.52 bits per heavy atom. The van der Waals surface area contributed by atoms with Crippen molar-refractivity contribution >= 4 is 5.82 Å². The third kappa shape index (κ3) is 2.99. The zero-order chi connectivity index (χ0) is 17.2. The maximum absolute atomic E-state index is 9.47. The van der Waals surface area contributed by atoms with Gasteiger partial charge < -0.3 is 4.90 Å². The van der Waals surface area contributed by atoms with Gasteiger partial charge in [-0.05, 0) is 31.0 Å². The van der Waals surface area contributed by atoms with Gasteiger partial charge in [-0.2, -0.15) is 5.26 Å². The second-order valence-electron chi connectivity index (χ2n) is 6.45. The monoisotopic (exact) mass is 329 g/mol. The molecule has 0 spiro atoms. The Morgan fingerprint density at radius 1 is 1.04 bits per heavy atom. The normalized spacial score (nSPS) is 16.8. The molecule has 1 aromatic heterocycles. The molecule has 2 heterocycles. The number of anilines is 1. The SMILES string of the molecule is Cc1ccc(-n2nc(C#N)c(N3CCC(c4ccccc4)C3)n2)cc1. The molecule has 0 N–H and O–H groups in total. The van der Waals surface area contributed by atoms with E-state index in [1.807, 2.05) is 37.3 Å². The lowest BCUT2D eigenvalue weighted by Crippen LogP contribution is -2.20. The highest BCUT2D eigenvalue weighted by Crippen LogP contribution is 2.31. The predicted molar refractivity (Wildman–Crippen MR) is 96.8 cm³/mol. The number of nitrogens with zero attached hydrogens (tertiary/aromatic N) is 5. The second kappa shape index (κ2) is 6.40. The van der Waals surface area contributed by atoms with E-state index in [0.29, 0.717) is 17.4 Å². The molecule has 1 unspecified atom stereocenters. The van der Waals surface area contributed by atoms with Gasteiger partial charge in [0.05, 0.1) is 5.69 Å². The van der Waals surface area contributed by atoms with Crippen LogP contribution in [0.3, 0.4) is 0 Å². The average Bonchev–Trinajstić information content (AvgIpc) is 3.30. The fourth-order valence-corrected chi connectivity index (χ4v) is 3.33. The van der Waals surface area contributed by atoms with Gasteiger partial charge >= 0.3 is 0 Å². The van der Waals surface area contributed by atoms with Crippen molar-refractivity contribution < 1.29 is 0 Å². The van der Waals surface area contributed by atoms with Crippen LogP contribution in [0.15, 0.2) is 54.6 Å². The van der Waals surface area contributed by atoms with Gasteiger partial charge in [0, 0.05) is 19.0 Å². The molecule has 1 atom stereocenters. The van der Waals surface area contributed by atoms with Crippen LogP contribution in [-0.4, -0.2) is 28.1 Å². The number of rotatable bonds is 3. The van der Waals surface area contributed by atoms with Crippen molar-refractivity contribution in [3.63, 3.8) is 0 Å². The highest BCUT2D eigenvalue weighted by Gasteiger charge is 2.28. The summed E-state index contributed by atoms with van der Waals surface area (Å²) >= 11 is 0. The molecule has 4 rings (SSSR count). The van der Waals surface area contributed by atoms with E-state index in [2.05, 4.69) is 45.4 Å². The molecular formula is C20H19N5. The highest BCUT2D eigenvalue weighted by atomic mass is 15.5. The number of aromatic nitrogens is 3. The Bertz CT molecular complexity index is 906. The number of nitriles is 1. The van der Waals surface area contributed by atoms with Crippen molar-refractivity contribution in [3.8, 4) is 11.8 Å². The van der Waals surface area contributed by atoms with Crippen molar-refractivity contribution in [1.82, 2.24) is 15.0 Å². The first kappa shape index (κ1) is 15.4. The molecule has 1 aliphatic heterocycles. The second-order valence-corrected chi connectivity index (χ2v) is 6.45. The molecule has 1 fully saturated rings. The maximum Gasteiger partial charge on any atom is 0.207 e. The largest absolute Gasteiger partial charge is 0.352 e. The Balaban J connectivity index is 1.61. The Hall–Kier alpha value is -3.13. The molecule has 2 aromatic carbocycles. The van der Waals surface area contributed by atoms with Gasteiger partial charge in [-0.3, -0.25) is 0 Å². The van der Waals surface area contributed by atoms with Crippen LogP contribution in [0, 0.1) is 18.3 Å². The van der Waals surface area contributed by atoms with Crippen LogP contribution in [0.1, 0.15) is 29.2 Å². The summed E-state index contributed by atoms with van der Waals surface area (Å²) in [6, 6.07) is 20.7. The van der Waals surface area contributed by atoms with Gasteiger partial charge in [0.1, 0.15) is 6.07 Å². The summed E-state index contributed by atoms with van der Waals surface area (Å²) in [5.41, 5.74) is 3.78. The lowest BCUT2D eigenvalue weighted by Gasteiger charge is -2.15. The molecular weight excluding hydrogens is 310 g/mol. The summed E-state index contributed by atoms with van der Waals surface area (Å²) < 4.78 is 0. The zero-order valence-corrected chi connectivity index (χ0v) is 14.1. The highest BCUT2D eigenvalue weighted by molar-refractivity contribution is 5.52. The molecule has 25 heavy (non-hydrogen) atoms. The minimum absolute atomic E-state index is 0.384. The standard InChI is InChI=1S/C20H19N5/c1-15-7-9-18(10-8-15)25-22-19(13-21)20(23-25)24-12-11-17(14-24)16-5-3-2-4-6-16/h2-10,17H,11-12,14H2,1H3. The van der Waals surface area contributed by atoms with Crippen LogP contribution < -0.4 is 4.90 Å². The molecule has 124 valence electrons. The summed E-state index contributed by atoms with van der Waals surface area (Å²) in [4.78, 5) is 3.73. The number of hydrogen-bond acceptors (Lipinski definition) is 4. The summed E-state index contributed by atoms with van der Waals surface area (Å²) in [5, 5.41) is 18.4. The summed E-state index contributed by atoms with van der Waals surface area (Å²) in [7, 11) is 0. The molecule has 5 heteroatoms. The van der Waals surface area contributed by atoms with Gasteiger partial charge in [-0.1, -0.05) is 48.0 Å². The van der Waals surface area contributed by atoms with Crippen molar-refractivity contribution in [2.45, 2.75) is 19.3 Å². The van der Waals surface area contributed by atoms with Crippen molar-refractivity contribution in [3.05, 3.63) is 71.4 Å². The van der Waals surface area contributed by atoms with Gasteiger partial charge in [0.25, 0.3) is 0 Å². The van der Waals surface area contributed by atoms with E-state index in [1.165, 1.54) is 11.1 Å². The Kier molecular flexibility index (Phi) is 3.95. The van der Waals surface area contributed by atoms with E-state index in [-0.39, 0.29) is 0 Å². The van der Waals surface area contributed by atoms with Gasteiger partial charge in [-0.15, -0.1) is 15.0 Å². The Labute approximate surface area is 147 Å². The van der Waals surface area contributed by atoms with E-state index in [0.717, 1.165) is 25.2 Å². The smallest absolute Gasteiger partial charge is 0.207 e. The quantitative estimate of drug-likeness (QED) is 0.738. The fraction of sp³-hybridized carbons (Fsp3) is 0.250. The van der Waals surface area contributed by atoms with E-state index >= 15 is 0 Å². The first-order chi connectivity index (χ1) is 12.2. The van der Waals surface area contributed by atoms with Crippen LogP contribution in [0.5, 0.6) is 0 Å². The molecule has 0 aliphatic carbocycles. The average molecular weight is 329 g/mol. The van der Waals surface area contributed by atoms with E-state index in [4.69, 9.17) is 0 Å². The van der Waals surface area contributed by atoms with Crippen molar-refractivity contribution in [1.29, 1.82) is 5.26 Å². The molecule has 3 aromatic rings. The lowest BCUT2D eigenvalue weighted by atomic mass is 9.99. The van der Waals surface area contributed by atoms with E-state index < -0.39 is 0 Å². The Morgan fingerprint density at radius 2 is 1.80 bits per heavy atom. The first-order valence-corrected chi connectivity index (χ1v) is 8.49. The minimum atomic E-state index is 0.384. The van der Waals surface area contributed by atoms with Crippen LogP contribution in [0.4, 0.5) is 5.82 Å². The third-order valence-corrected chi connectivity index (χ3v) is 4.73. The molecule has 0 radical (unpaired) electrons. The number of benzene rings is 2. The van der Waals surface area contributed by atoms with E-state index in [1.54, 1.807) is 4.80 Å². The van der Waals surface area contributed by atoms with Crippen LogP contribution in [-0.2, 0) is 0 Å².